The summed E-state index contributed by atoms with van der Waals surface area (Å²) in [6.07, 6.45) is 0. The monoisotopic (exact) mass is 167 g/mol. The Morgan fingerprint density at radius 2 is 2.10 bits per heavy atom. The van der Waals surface area contributed by atoms with Crippen LogP contribution in [0.2, 0.25) is 0 Å². The molecule has 0 aliphatic heterocycles. The molecule has 0 aromatic carbocycles. The molecule has 62 valence electrons. The summed E-state index contributed by atoms with van der Waals surface area (Å²) in [6, 6.07) is 0. The molecule has 0 heterocycles. The van der Waals surface area contributed by atoms with Gasteiger partial charge in [-0.25, -0.2) is 0 Å². The van der Waals surface area contributed by atoms with Crippen LogP contribution in [0.3, 0.4) is 0 Å². The van der Waals surface area contributed by atoms with E-state index in [1.165, 1.54) is 6.92 Å². The van der Waals surface area contributed by atoms with E-state index in [2.05, 4.69) is 5.32 Å². The average Bonchev–Trinajstić information content (AvgIpc) is 1.80. The third-order valence-corrected chi connectivity index (χ3v) is 2.37. The lowest BCUT2D eigenvalue weighted by Gasteiger charge is -2.06. The van der Waals surface area contributed by atoms with Crippen molar-refractivity contribution in [2.24, 2.45) is 0 Å². The second kappa shape index (κ2) is 3.90. The second-order valence-electron chi connectivity index (χ2n) is 2.13. The highest BCUT2D eigenvalue weighted by atomic mass is 32.2. The molecule has 0 aliphatic carbocycles. The summed E-state index contributed by atoms with van der Waals surface area (Å²) in [4.78, 5) is 0. The van der Waals surface area contributed by atoms with Crippen molar-refractivity contribution in [1.29, 1.82) is 0 Å². The Bertz CT molecular complexity index is 175. The lowest BCUT2D eigenvalue weighted by Crippen LogP contribution is -2.30. The smallest absolute Gasteiger partial charge is 0.268 e. The quantitative estimate of drug-likeness (QED) is 0.572. The summed E-state index contributed by atoms with van der Waals surface area (Å²) in [6.45, 7) is 4.34. The summed E-state index contributed by atoms with van der Waals surface area (Å²) in [5, 5.41) is 2.10. The van der Waals surface area contributed by atoms with Gasteiger partial charge in [0, 0.05) is 6.54 Å². The fourth-order valence-corrected chi connectivity index (χ4v) is 0.781. The zero-order valence-electron chi connectivity index (χ0n) is 6.16. The third-order valence-electron chi connectivity index (χ3n) is 1.19. The van der Waals surface area contributed by atoms with E-state index in [-0.39, 0.29) is 0 Å². The van der Waals surface area contributed by atoms with Crippen LogP contribution in [0.5, 0.6) is 0 Å². The van der Waals surface area contributed by atoms with Crippen LogP contribution in [0, 0.1) is 0 Å². The largest absolute Gasteiger partial charge is 0.316 e. The highest BCUT2D eigenvalue weighted by Gasteiger charge is 2.15. The minimum absolute atomic E-state index is 0.301. The van der Waals surface area contributed by atoms with Crippen molar-refractivity contribution in [3.8, 4) is 0 Å². The summed E-state index contributed by atoms with van der Waals surface area (Å²) < 4.78 is 29.2. The van der Waals surface area contributed by atoms with E-state index in [1.54, 1.807) is 0 Å². The molecule has 5 heteroatoms. The molecule has 0 aromatic heterocycles. The van der Waals surface area contributed by atoms with Gasteiger partial charge in [0.05, 0.1) is 5.25 Å². The molecule has 0 saturated carbocycles. The molecule has 4 nitrogen and oxygen atoms in total. The maximum Gasteiger partial charge on any atom is 0.268 e. The number of rotatable bonds is 4. The molecule has 0 spiro atoms. The number of hydrogen-bond donors (Lipinski definition) is 2. The summed E-state index contributed by atoms with van der Waals surface area (Å²) in [5.74, 6) is 0. The standard InChI is InChI=1S/C5H13NO3S/c1-3-6-4-5(2)10(7,8)9/h5-6H,3-4H2,1-2H3,(H,7,8,9). The van der Waals surface area contributed by atoms with Gasteiger partial charge in [0.2, 0.25) is 0 Å². The SMILES string of the molecule is CCNCC(C)S(=O)(=O)O. The minimum atomic E-state index is -3.84. The molecule has 1 unspecified atom stereocenters. The molecule has 0 radical (unpaired) electrons. The summed E-state index contributed by atoms with van der Waals surface area (Å²) in [5.41, 5.74) is 0. The highest BCUT2D eigenvalue weighted by Crippen LogP contribution is 1.93. The van der Waals surface area contributed by atoms with Crippen LogP contribution in [0.4, 0.5) is 0 Å². The van der Waals surface area contributed by atoms with Crippen LogP contribution in [-0.4, -0.2) is 31.3 Å². The van der Waals surface area contributed by atoms with Crippen LogP contribution >= 0.6 is 0 Å². The van der Waals surface area contributed by atoms with E-state index in [4.69, 9.17) is 4.55 Å². The predicted octanol–water partition coefficient (Wildman–Crippen LogP) is -0.128. The van der Waals surface area contributed by atoms with Gasteiger partial charge in [0.25, 0.3) is 10.1 Å². The topological polar surface area (TPSA) is 66.4 Å². The molecule has 0 rings (SSSR count). The number of hydrogen-bond acceptors (Lipinski definition) is 3. The molecule has 0 saturated heterocycles. The van der Waals surface area contributed by atoms with Crippen molar-refractivity contribution in [3.05, 3.63) is 0 Å². The van der Waals surface area contributed by atoms with Crippen molar-refractivity contribution in [1.82, 2.24) is 5.32 Å². The van der Waals surface area contributed by atoms with E-state index in [1.807, 2.05) is 6.92 Å². The van der Waals surface area contributed by atoms with E-state index >= 15 is 0 Å². The Hall–Kier alpha value is -0.130. The molecule has 1 atom stereocenters. The Kier molecular flexibility index (Phi) is 3.85. The maximum absolute atomic E-state index is 10.4. The Labute approximate surface area is 61.4 Å². The van der Waals surface area contributed by atoms with Gasteiger partial charge in [0.1, 0.15) is 0 Å². The van der Waals surface area contributed by atoms with Gasteiger partial charge in [-0.05, 0) is 13.5 Å². The van der Waals surface area contributed by atoms with Crippen molar-refractivity contribution in [3.63, 3.8) is 0 Å². The Balaban J connectivity index is 3.75. The van der Waals surface area contributed by atoms with Crippen molar-refractivity contribution in [2.45, 2.75) is 19.1 Å². The molecular formula is C5H13NO3S. The van der Waals surface area contributed by atoms with Crippen LogP contribution in [0.1, 0.15) is 13.8 Å². The van der Waals surface area contributed by atoms with E-state index in [9.17, 15) is 8.42 Å². The van der Waals surface area contributed by atoms with Crippen molar-refractivity contribution >= 4 is 10.1 Å². The van der Waals surface area contributed by atoms with Crippen LogP contribution in [-0.2, 0) is 10.1 Å². The summed E-state index contributed by atoms with van der Waals surface area (Å²) in [7, 11) is -3.84. The van der Waals surface area contributed by atoms with Gasteiger partial charge >= 0.3 is 0 Å². The zero-order chi connectivity index (χ0) is 8.20. The Morgan fingerprint density at radius 1 is 1.60 bits per heavy atom. The van der Waals surface area contributed by atoms with Crippen LogP contribution in [0.25, 0.3) is 0 Å². The van der Waals surface area contributed by atoms with Crippen LogP contribution < -0.4 is 5.32 Å². The third kappa shape index (κ3) is 3.81. The minimum Gasteiger partial charge on any atom is -0.316 e. The first-order valence-corrected chi connectivity index (χ1v) is 4.65. The van der Waals surface area contributed by atoms with Crippen LogP contribution in [0.15, 0.2) is 0 Å². The van der Waals surface area contributed by atoms with Gasteiger partial charge in [-0.2, -0.15) is 8.42 Å². The first kappa shape index (κ1) is 9.87. The lowest BCUT2D eigenvalue weighted by molar-refractivity contribution is 0.466. The zero-order valence-corrected chi connectivity index (χ0v) is 6.98. The fourth-order valence-electron chi connectivity index (χ4n) is 0.453. The average molecular weight is 167 g/mol. The molecule has 2 N–H and O–H groups in total. The highest BCUT2D eigenvalue weighted by molar-refractivity contribution is 7.86. The first-order chi connectivity index (χ1) is 4.48. The van der Waals surface area contributed by atoms with Gasteiger partial charge in [-0.15, -0.1) is 0 Å². The number of nitrogens with one attached hydrogen (secondary N) is 1. The molecule has 0 aliphatic rings. The Morgan fingerprint density at radius 3 is 2.40 bits per heavy atom. The van der Waals surface area contributed by atoms with Crippen molar-refractivity contribution < 1.29 is 13.0 Å². The summed E-state index contributed by atoms with van der Waals surface area (Å²) >= 11 is 0. The van der Waals surface area contributed by atoms with E-state index in [0.717, 1.165) is 0 Å². The van der Waals surface area contributed by atoms with Gasteiger partial charge in [0.15, 0.2) is 0 Å². The molecule has 0 amide bonds. The van der Waals surface area contributed by atoms with E-state index in [0.29, 0.717) is 13.1 Å². The lowest BCUT2D eigenvalue weighted by atomic mass is 10.5. The molecule has 0 fully saturated rings. The van der Waals surface area contributed by atoms with Gasteiger partial charge in [-0.3, -0.25) is 4.55 Å². The van der Waals surface area contributed by atoms with Gasteiger partial charge in [-0.1, -0.05) is 6.92 Å². The van der Waals surface area contributed by atoms with E-state index < -0.39 is 15.4 Å². The molecule has 0 aromatic rings. The van der Waals surface area contributed by atoms with Gasteiger partial charge < -0.3 is 5.32 Å². The normalized spacial score (nSPS) is 15.1. The fraction of sp³-hybridized carbons (Fsp3) is 1.00. The molecule has 10 heavy (non-hydrogen) atoms. The predicted molar refractivity (Wildman–Crippen MR) is 39.6 cm³/mol. The van der Waals surface area contributed by atoms with Crippen molar-refractivity contribution in [2.75, 3.05) is 13.1 Å². The maximum atomic E-state index is 10.4. The molecular weight excluding hydrogens is 154 g/mol. The molecule has 0 bridgehead atoms. The second-order valence-corrected chi connectivity index (χ2v) is 3.97. The first-order valence-electron chi connectivity index (χ1n) is 3.15.